The van der Waals surface area contributed by atoms with E-state index in [0.717, 1.165) is 0 Å². The Labute approximate surface area is 144 Å². The number of nitro groups is 1. The topological polar surface area (TPSA) is 63.4 Å². The van der Waals surface area contributed by atoms with Crippen LogP contribution in [0.2, 0.25) is 5.02 Å². The van der Waals surface area contributed by atoms with Crippen molar-refractivity contribution in [3.05, 3.63) is 73.0 Å². The average Bonchev–Trinajstić information content (AvgIpc) is 2.50. The molecule has 0 aliphatic rings. The molecule has 2 aromatic rings. The molecule has 8 heteroatoms. The lowest BCUT2D eigenvalue weighted by atomic mass is 10.1. The zero-order valence-corrected chi connectivity index (χ0v) is 14.3. The molecular weight excluding hydrogens is 391 g/mol. The third-order valence-corrected chi connectivity index (χ3v) is 4.02. The van der Waals surface area contributed by atoms with Crippen LogP contribution in [-0.2, 0) is 6.54 Å². The number of halogens is 3. The van der Waals surface area contributed by atoms with Crippen molar-refractivity contribution in [3.8, 4) is 0 Å². The van der Waals surface area contributed by atoms with Gasteiger partial charge in [-0.05, 0) is 29.8 Å². The van der Waals surface area contributed by atoms with Crippen LogP contribution in [0.15, 0.2) is 40.9 Å². The number of non-ortho nitro benzene ring substituents is 1. The van der Waals surface area contributed by atoms with Crippen LogP contribution in [0.25, 0.3) is 0 Å². The predicted molar refractivity (Wildman–Crippen MR) is 88.0 cm³/mol. The first-order valence-electron chi connectivity index (χ1n) is 6.43. The molecule has 0 aliphatic carbocycles. The molecule has 2 aromatic carbocycles. The van der Waals surface area contributed by atoms with Gasteiger partial charge in [0.15, 0.2) is 0 Å². The van der Waals surface area contributed by atoms with Crippen LogP contribution in [0.5, 0.6) is 0 Å². The van der Waals surface area contributed by atoms with Crippen molar-refractivity contribution in [1.29, 1.82) is 0 Å². The smallest absolute Gasteiger partial charge is 0.269 e. The average molecular weight is 402 g/mol. The van der Waals surface area contributed by atoms with Crippen LogP contribution in [0.1, 0.15) is 15.9 Å². The number of carbonyl (C=O) groups excluding carboxylic acids is 1. The SMILES string of the molecule is CN(Cc1cc([N+](=O)[O-])ccc1Cl)C(=O)c1cc(Br)ccc1F. The molecule has 0 atom stereocenters. The van der Waals surface area contributed by atoms with Gasteiger partial charge >= 0.3 is 0 Å². The number of benzene rings is 2. The van der Waals surface area contributed by atoms with E-state index in [1.807, 2.05) is 0 Å². The normalized spacial score (nSPS) is 10.4. The third-order valence-electron chi connectivity index (χ3n) is 3.15. The highest BCUT2D eigenvalue weighted by Gasteiger charge is 2.19. The maximum absolute atomic E-state index is 13.8. The molecule has 0 N–H and O–H groups in total. The summed E-state index contributed by atoms with van der Waals surface area (Å²) in [5.74, 6) is -1.19. The zero-order chi connectivity index (χ0) is 17.1. The Balaban J connectivity index is 2.26. The van der Waals surface area contributed by atoms with E-state index >= 15 is 0 Å². The maximum atomic E-state index is 13.8. The summed E-state index contributed by atoms with van der Waals surface area (Å²) in [5, 5.41) is 11.1. The molecule has 0 heterocycles. The lowest BCUT2D eigenvalue weighted by Gasteiger charge is -2.18. The molecule has 0 saturated heterocycles. The molecular formula is C15H11BrClFN2O3. The van der Waals surface area contributed by atoms with Crippen molar-refractivity contribution >= 4 is 39.1 Å². The molecule has 0 aromatic heterocycles. The molecule has 0 saturated carbocycles. The number of hydrogen-bond acceptors (Lipinski definition) is 3. The highest BCUT2D eigenvalue weighted by Crippen LogP contribution is 2.24. The third kappa shape index (κ3) is 4.05. The Kier molecular flexibility index (Phi) is 5.33. The van der Waals surface area contributed by atoms with Gasteiger partial charge in [0.05, 0.1) is 10.5 Å². The molecule has 0 bridgehead atoms. The van der Waals surface area contributed by atoms with Crippen molar-refractivity contribution in [1.82, 2.24) is 4.90 Å². The number of amides is 1. The van der Waals surface area contributed by atoms with Gasteiger partial charge in [-0.3, -0.25) is 14.9 Å². The fraction of sp³-hybridized carbons (Fsp3) is 0.133. The summed E-state index contributed by atoms with van der Waals surface area (Å²) in [6.45, 7) is 0.0191. The zero-order valence-electron chi connectivity index (χ0n) is 11.9. The maximum Gasteiger partial charge on any atom is 0.269 e. The first-order chi connectivity index (χ1) is 10.8. The van der Waals surface area contributed by atoms with Gasteiger partial charge in [-0.15, -0.1) is 0 Å². The molecule has 0 spiro atoms. The highest BCUT2D eigenvalue weighted by atomic mass is 79.9. The van der Waals surface area contributed by atoms with E-state index in [2.05, 4.69) is 15.9 Å². The van der Waals surface area contributed by atoms with Gasteiger partial charge < -0.3 is 4.90 Å². The fourth-order valence-electron chi connectivity index (χ4n) is 1.99. The van der Waals surface area contributed by atoms with Crippen LogP contribution in [-0.4, -0.2) is 22.8 Å². The standard InChI is InChI=1S/C15H11BrClFN2O3/c1-19(15(21)12-7-10(16)2-5-14(12)18)8-9-6-11(20(22)23)3-4-13(9)17/h2-7H,8H2,1H3. The van der Waals surface area contributed by atoms with Crippen molar-refractivity contribution < 1.29 is 14.1 Å². The van der Waals surface area contributed by atoms with Gasteiger partial charge in [-0.25, -0.2) is 4.39 Å². The second-order valence-corrected chi connectivity index (χ2v) is 6.14. The van der Waals surface area contributed by atoms with Gasteiger partial charge in [0.2, 0.25) is 0 Å². The van der Waals surface area contributed by atoms with Crippen molar-refractivity contribution in [2.24, 2.45) is 0 Å². The fourth-order valence-corrected chi connectivity index (χ4v) is 2.53. The predicted octanol–water partition coefficient (Wildman–Crippen LogP) is 4.42. The summed E-state index contributed by atoms with van der Waals surface area (Å²) < 4.78 is 14.4. The first kappa shape index (κ1) is 17.4. The number of nitro benzene ring substituents is 1. The Bertz CT molecular complexity index is 785. The monoisotopic (exact) mass is 400 g/mol. The van der Waals surface area contributed by atoms with Gasteiger partial charge in [-0.1, -0.05) is 27.5 Å². The van der Waals surface area contributed by atoms with E-state index in [4.69, 9.17) is 11.6 Å². The minimum Gasteiger partial charge on any atom is -0.337 e. The highest BCUT2D eigenvalue weighted by molar-refractivity contribution is 9.10. The van der Waals surface area contributed by atoms with E-state index in [9.17, 15) is 19.3 Å². The molecule has 120 valence electrons. The van der Waals surface area contributed by atoms with Gasteiger partial charge in [-0.2, -0.15) is 0 Å². The number of carbonyl (C=O) groups is 1. The Morgan fingerprint density at radius 3 is 2.70 bits per heavy atom. The summed E-state index contributed by atoms with van der Waals surface area (Å²) in [7, 11) is 1.47. The van der Waals surface area contributed by atoms with Crippen LogP contribution in [0.3, 0.4) is 0 Å². The quantitative estimate of drug-likeness (QED) is 0.563. The largest absolute Gasteiger partial charge is 0.337 e. The van der Waals surface area contributed by atoms with Gasteiger partial charge in [0.1, 0.15) is 5.82 Å². The molecule has 1 amide bonds. The lowest BCUT2D eigenvalue weighted by Crippen LogP contribution is -2.27. The first-order valence-corrected chi connectivity index (χ1v) is 7.60. The number of nitrogens with zero attached hydrogens (tertiary/aromatic N) is 2. The molecule has 23 heavy (non-hydrogen) atoms. The van der Waals surface area contributed by atoms with Crippen molar-refractivity contribution in [3.63, 3.8) is 0 Å². The van der Waals surface area contributed by atoms with E-state index < -0.39 is 16.6 Å². The molecule has 0 aliphatic heterocycles. The molecule has 0 fully saturated rings. The summed E-state index contributed by atoms with van der Waals surface area (Å²) in [6, 6.07) is 8.02. The van der Waals surface area contributed by atoms with E-state index in [-0.39, 0.29) is 17.8 Å². The van der Waals surface area contributed by atoms with Crippen LogP contribution in [0.4, 0.5) is 10.1 Å². The van der Waals surface area contributed by atoms with E-state index in [1.54, 1.807) is 0 Å². The minimum absolute atomic E-state index is 0.0191. The Morgan fingerprint density at radius 2 is 2.04 bits per heavy atom. The molecule has 0 radical (unpaired) electrons. The Hall–Kier alpha value is -1.99. The summed E-state index contributed by atoms with van der Waals surface area (Å²) in [6.07, 6.45) is 0. The second-order valence-electron chi connectivity index (χ2n) is 4.82. The Morgan fingerprint density at radius 1 is 1.35 bits per heavy atom. The second kappa shape index (κ2) is 7.06. The van der Waals surface area contributed by atoms with Crippen LogP contribution < -0.4 is 0 Å². The molecule has 2 rings (SSSR count). The van der Waals surface area contributed by atoms with Crippen molar-refractivity contribution in [2.75, 3.05) is 7.05 Å². The molecule has 5 nitrogen and oxygen atoms in total. The summed E-state index contributed by atoms with van der Waals surface area (Å²) in [4.78, 5) is 23.9. The van der Waals surface area contributed by atoms with Crippen LogP contribution >= 0.6 is 27.5 Å². The van der Waals surface area contributed by atoms with Gasteiger partial charge in [0, 0.05) is 35.2 Å². The number of rotatable bonds is 4. The minimum atomic E-state index is -0.643. The van der Waals surface area contributed by atoms with E-state index in [1.165, 1.54) is 48.3 Å². The lowest BCUT2D eigenvalue weighted by molar-refractivity contribution is -0.384. The van der Waals surface area contributed by atoms with Gasteiger partial charge in [0.25, 0.3) is 11.6 Å². The van der Waals surface area contributed by atoms with Crippen LogP contribution in [0, 0.1) is 15.9 Å². The summed E-state index contributed by atoms with van der Waals surface area (Å²) >= 11 is 9.19. The number of hydrogen-bond donors (Lipinski definition) is 0. The molecule has 0 unspecified atom stereocenters. The van der Waals surface area contributed by atoms with E-state index in [0.29, 0.717) is 15.1 Å². The summed E-state index contributed by atoms with van der Waals surface area (Å²) in [5.41, 5.74) is 0.189. The van der Waals surface area contributed by atoms with Crippen molar-refractivity contribution in [2.45, 2.75) is 6.54 Å².